The van der Waals surface area contributed by atoms with Crippen LogP contribution in [0.25, 0.3) is 0 Å². The van der Waals surface area contributed by atoms with Crippen LogP contribution in [0.2, 0.25) is 0 Å². The predicted molar refractivity (Wildman–Crippen MR) is 92.4 cm³/mol. The van der Waals surface area contributed by atoms with Gasteiger partial charge in [0.15, 0.2) is 4.80 Å². The number of para-hydroxylation sites is 1. The van der Waals surface area contributed by atoms with Crippen molar-refractivity contribution in [3.8, 4) is 0 Å². The molecule has 1 aromatic carbocycles. The van der Waals surface area contributed by atoms with Gasteiger partial charge in [0.25, 0.3) is 0 Å². The SMILES string of the molecule is C=CCn1ccsc1=NC(=Nc1ccccc1)N1CCCC1. The molecule has 1 saturated heterocycles. The monoisotopic (exact) mass is 312 g/mol. The third-order valence-electron chi connectivity index (χ3n) is 3.56. The summed E-state index contributed by atoms with van der Waals surface area (Å²) in [6, 6.07) is 10.0. The molecular weight excluding hydrogens is 292 g/mol. The van der Waals surface area contributed by atoms with Crippen molar-refractivity contribution < 1.29 is 0 Å². The molecule has 0 N–H and O–H groups in total. The number of benzene rings is 1. The number of guanidine groups is 1. The van der Waals surface area contributed by atoms with Gasteiger partial charge in [-0.1, -0.05) is 24.3 Å². The molecule has 0 aliphatic carbocycles. The molecule has 2 heterocycles. The summed E-state index contributed by atoms with van der Waals surface area (Å²) in [5.74, 6) is 0.809. The van der Waals surface area contributed by atoms with E-state index in [0.717, 1.165) is 36.1 Å². The molecule has 22 heavy (non-hydrogen) atoms. The van der Waals surface area contributed by atoms with E-state index in [4.69, 9.17) is 9.98 Å². The summed E-state index contributed by atoms with van der Waals surface area (Å²) in [6.45, 7) is 6.63. The van der Waals surface area contributed by atoms with Gasteiger partial charge in [-0.05, 0) is 25.0 Å². The van der Waals surface area contributed by atoms with E-state index in [-0.39, 0.29) is 0 Å². The lowest BCUT2D eigenvalue weighted by Crippen LogP contribution is -2.29. The molecule has 5 heteroatoms. The van der Waals surface area contributed by atoms with Gasteiger partial charge in [0.05, 0.1) is 5.69 Å². The summed E-state index contributed by atoms with van der Waals surface area (Å²) >= 11 is 1.63. The molecule has 0 bridgehead atoms. The van der Waals surface area contributed by atoms with Crippen LogP contribution in [-0.2, 0) is 6.54 Å². The Morgan fingerprint density at radius 3 is 2.73 bits per heavy atom. The third kappa shape index (κ3) is 3.54. The zero-order valence-electron chi connectivity index (χ0n) is 12.6. The Labute approximate surface area is 134 Å². The molecule has 2 aromatic rings. The number of hydrogen-bond donors (Lipinski definition) is 0. The summed E-state index contributed by atoms with van der Waals surface area (Å²) in [5, 5.41) is 2.05. The quantitative estimate of drug-likeness (QED) is 0.485. The van der Waals surface area contributed by atoms with Crippen LogP contribution in [0.15, 0.2) is 64.5 Å². The van der Waals surface area contributed by atoms with E-state index in [1.807, 2.05) is 48.0 Å². The Bertz CT molecular complexity index is 706. The highest BCUT2D eigenvalue weighted by molar-refractivity contribution is 7.07. The molecule has 0 atom stereocenters. The zero-order valence-corrected chi connectivity index (χ0v) is 13.4. The molecule has 1 aromatic heterocycles. The first-order valence-electron chi connectivity index (χ1n) is 7.55. The van der Waals surface area contributed by atoms with Crippen molar-refractivity contribution in [2.24, 2.45) is 9.98 Å². The van der Waals surface area contributed by atoms with Gasteiger partial charge in [-0.25, -0.2) is 4.99 Å². The summed E-state index contributed by atoms with van der Waals surface area (Å²) < 4.78 is 2.09. The molecule has 3 rings (SSSR count). The lowest BCUT2D eigenvalue weighted by Gasteiger charge is -2.16. The van der Waals surface area contributed by atoms with E-state index in [9.17, 15) is 0 Å². The van der Waals surface area contributed by atoms with Crippen LogP contribution >= 0.6 is 11.3 Å². The Morgan fingerprint density at radius 1 is 1.23 bits per heavy atom. The molecule has 0 unspecified atom stereocenters. The number of likely N-dealkylation sites (tertiary alicyclic amines) is 1. The van der Waals surface area contributed by atoms with Crippen LogP contribution < -0.4 is 4.80 Å². The minimum absolute atomic E-state index is 0.765. The normalized spacial score (nSPS) is 16.3. The highest BCUT2D eigenvalue weighted by Gasteiger charge is 2.16. The number of aliphatic imine (C=N–C) groups is 1. The number of hydrogen-bond acceptors (Lipinski definition) is 2. The van der Waals surface area contributed by atoms with Crippen LogP contribution in [0, 0.1) is 0 Å². The second-order valence-corrected chi connectivity index (χ2v) is 6.05. The lowest BCUT2D eigenvalue weighted by molar-refractivity contribution is 0.511. The first-order valence-corrected chi connectivity index (χ1v) is 8.43. The molecule has 1 fully saturated rings. The van der Waals surface area contributed by atoms with Crippen LogP contribution in [0.4, 0.5) is 5.69 Å². The van der Waals surface area contributed by atoms with Crippen molar-refractivity contribution in [3.63, 3.8) is 0 Å². The van der Waals surface area contributed by atoms with Gasteiger partial charge in [-0.15, -0.1) is 17.9 Å². The highest BCUT2D eigenvalue weighted by atomic mass is 32.1. The fraction of sp³-hybridized carbons (Fsp3) is 0.294. The van der Waals surface area contributed by atoms with E-state index in [1.54, 1.807) is 11.3 Å². The molecule has 0 saturated carbocycles. The first-order chi connectivity index (χ1) is 10.9. The highest BCUT2D eigenvalue weighted by Crippen LogP contribution is 2.15. The summed E-state index contributed by atoms with van der Waals surface area (Å²) in [4.78, 5) is 12.8. The van der Waals surface area contributed by atoms with Crippen LogP contribution in [0.1, 0.15) is 12.8 Å². The summed E-state index contributed by atoms with van der Waals surface area (Å²) in [7, 11) is 0. The summed E-state index contributed by atoms with van der Waals surface area (Å²) in [6.07, 6.45) is 6.34. The second kappa shape index (κ2) is 7.22. The van der Waals surface area contributed by atoms with Gasteiger partial charge < -0.3 is 9.47 Å². The Balaban J connectivity index is 2.00. The molecule has 0 amide bonds. The standard InChI is InChI=1S/C17H20N4S/c1-2-10-21-13-14-22-17(21)19-16(20-11-6-7-12-20)18-15-8-4-3-5-9-15/h2-5,8-9,13-14H,1,6-7,10-12H2. The minimum atomic E-state index is 0.765. The van der Waals surface area contributed by atoms with E-state index in [0.29, 0.717) is 0 Å². The Hall–Kier alpha value is -2.14. The number of nitrogens with zero attached hydrogens (tertiary/aromatic N) is 4. The maximum absolute atomic E-state index is 4.82. The largest absolute Gasteiger partial charge is 0.341 e. The van der Waals surface area contributed by atoms with Crippen molar-refractivity contribution in [2.45, 2.75) is 19.4 Å². The Morgan fingerprint density at radius 2 is 2.00 bits per heavy atom. The van der Waals surface area contributed by atoms with E-state index < -0.39 is 0 Å². The maximum atomic E-state index is 4.82. The van der Waals surface area contributed by atoms with Crippen molar-refractivity contribution in [1.29, 1.82) is 0 Å². The van der Waals surface area contributed by atoms with Crippen LogP contribution in [-0.4, -0.2) is 28.5 Å². The topological polar surface area (TPSA) is 32.9 Å². The van der Waals surface area contributed by atoms with Gasteiger partial charge in [0.2, 0.25) is 5.96 Å². The molecule has 4 nitrogen and oxygen atoms in total. The summed E-state index contributed by atoms with van der Waals surface area (Å²) in [5.41, 5.74) is 0.944. The van der Waals surface area contributed by atoms with Crippen molar-refractivity contribution >= 4 is 23.0 Å². The smallest absolute Gasteiger partial charge is 0.228 e. The number of thiazole rings is 1. The predicted octanol–water partition coefficient (Wildman–Crippen LogP) is 3.42. The minimum Gasteiger partial charge on any atom is -0.341 e. The Kier molecular flexibility index (Phi) is 4.85. The van der Waals surface area contributed by atoms with Gasteiger partial charge in [-0.3, -0.25) is 0 Å². The lowest BCUT2D eigenvalue weighted by atomic mass is 10.3. The van der Waals surface area contributed by atoms with Crippen LogP contribution in [0.3, 0.4) is 0 Å². The fourth-order valence-corrected chi connectivity index (χ4v) is 3.19. The van der Waals surface area contributed by atoms with Crippen LogP contribution in [0.5, 0.6) is 0 Å². The van der Waals surface area contributed by atoms with Crippen molar-refractivity contribution in [2.75, 3.05) is 13.1 Å². The zero-order chi connectivity index (χ0) is 15.2. The van der Waals surface area contributed by atoms with Gasteiger partial charge in [0.1, 0.15) is 0 Å². The molecule has 0 radical (unpaired) electrons. The van der Waals surface area contributed by atoms with E-state index >= 15 is 0 Å². The molecule has 114 valence electrons. The maximum Gasteiger partial charge on any atom is 0.228 e. The second-order valence-electron chi connectivity index (χ2n) is 5.18. The van der Waals surface area contributed by atoms with Crippen molar-refractivity contribution in [3.05, 3.63) is 59.4 Å². The average molecular weight is 312 g/mol. The molecule has 1 aliphatic heterocycles. The van der Waals surface area contributed by atoms with E-state index in [2.05, 4.69) is 16.0 Å². The molecule has 1 aliphatic rings. The van der Waals surface area contributed by atoms with Gasteiger partial charge in [0, 0.05) is 31.2 Å². The fourth-order valence-electron chi connectivity index (χ4n) is 2.45. The number of rotatable bonds is 3. The van der Waals surface area contributed by atoms with Gasteiger partial charge >= 0.3 is 0 Å². The number of allylic oxidation sites excluding steroid dienone is 1. The third-order valence-corrected chi connectivity index (χ3v) is 4.35. The first kappa shape index (κ1) is 14.8. The van der Waals surface area contributed by atoms with E-state index in [1.165, 1.54) is 12.8 Å². The number of aromatic nitrogens is 1. The molecular formula is C17H20N4S. The average Bonchev–Trinajstić information content (AvgIpc) is 3.20. The van der Waals surface area contributed by atoms with Crippen molar-refractivity contribution in [1.82, 2.24) is 9.47 Å². The molecule has 0 spiro atoms. The van der Waals surface area contributed by atoms with Gasteiger partial charge in [-0.2, -0.15) is 4.99 Å².